The summed E-state index contributed by atoms with van der Waals surface area (Å²) in [6.45, 7) is 4.05. The first kappa shape index (κ1) is 22.8. The molecule has 1 aliphatic heterocycles. The zero-order chi connectivity index (χ0) is 23.4. The number of carbonyl (C=O) groups is 1. The number of nitrogens with zero attached hydrogens (tertiary/aromatic N) is 1. The molecule has 0 radical (unpaired) electrons. The van der Waals surface area contributed by atoms with Gasteiger partial charge in [-0.3, -0.25) is 0 Å². The summed E-state index contributed by atoms with van der Waals surface area (Å²) in [4.78, 5) is 16.9. The Morgan fingerprint density at radius 3 is 2.36 bits per heavy atom. The molecule has 0 fully saturated rings. The summed E-state index contributed by atoms with van der Waals surface area (Å²) >= 11 is 3.55. The number of methoxy groups -OCH3 is 1. The second kappa shape index (κ2) is 10.0. The summed E-state index contributed by atoms with van der Waals surface area (Å²) in [6, 6.07) is 21.5. The molecule has 0 amide bonds. The van der Waals surface area contributed by atoms with E-state index in [0.717, 1.165) is 33.1 Å². The molecule has 0 spiro atoms. The van der Waals surface area contributed by atoms with E-state index in [-0.39, 0.29) is 17.7 Å². The fourth-order valence-corrected chi connectivity index (χ4v) is 3.90. The molecule has 0 saturated carbocycles. The van der Waals surface area contributed by atoms with Crippen LogP contribution in [0.1, 0.15) is 31.4 Å². The Kier molecular flexibility index (Phi) is 6.94. The van der Waals surface area contributed by atoms with Crippen molar-refractivity contribution >= 4 is 33.9 Å². The monoisotopic (exact) mass is 505 g/mol. The molecular formula is C27H24BrNO4. The standard InChI is InChI=1S/C27H24BrNO4/c1-4-17(2)32-25-22(28)14-18(16-24(25)31-3)15-23-27(30)33-26(29-23)21-12-10-20(11-13-21)19-8-6-5-7-9-19/h5-17H,4H2,1-3H3/b23-15-. The minimum Gasteiger partial charge on any atom is -0.493 e. The van der Waals surface area contributed by atoms with Crippen LogP contribution in [0.5, 0.6) is 11.5 Å². The average Bonchev–Trinajstić information content (AvgIpc) is 3.21. The lowest BCUT2D eigenvalue weighted by Gasteiger charge is -2.17. The van der Waals surface area contributed by atoms with E-state index in [1.165, 1.54) is 0 Å². The Morgan fingerprint density at radius 2 is 1.70 bits per heavy atom. The molecule has 0 bridgehead atoms. The molecule has 0 N–H and O–H groups in total. The van der Waals surface area contributed by atoms with Crippen molar-refractivity contribution in [2.45, 2.75) is 26.4 Å². The number of halogens is 1. The minimum absolute atomic E-state index is 0.0460. The SMILES string of the molecule is CCC(C)Oc1c(Br)cc(/C=C2\N=C(c3ccc(-c4ccccc4)cc3)OC2=O)cc1OC. The van der Waals surface area contributed by atoms with Gasteiger partial charge in [0.1, 0.15) is 0 Å². The van der Waals surface area contributed by atoms with Gasteiger partial charge in [-0.1, -0.05) is 49.4 Å². The van der Waals surface area contributed by atoms with Crippen molar-refractivity contribution in [1.29, 1.82) is 0 Å². The first-order chi connectivity index (χ1) is 16.0. The summed E-state index contributed by atoms with van der Waals surface area (Å²) < 4.78 is 17.6. The highest BCUT2D eigenvalue weighted by molar-refractivity contribution is 9.10. The van der Waals surface area contributed by atoms with E-state index < -0.39 is 5.97 Å². The maximum atomic E-state index is 12.5. The van der Waals surface area contributed by atoms with Gasteiger partial charge in [0, 0.05) is 5.56 Å². The quantitative estimate of drug-likeness (QED) is 0.266. The highest BCUT2D eigenvalue weighted by atomic mass is 79.9. The van der Waals surface area contributed by atoms with Crippen LogP contribution in [0, 0.1) is 0 Å². The van der Waals surface area contributed by atoms with Gasteiger partial charge in [-0.2, -0.15) is 0 Å². The fraction of sp³-hybridized carbons (Fsp3) is 0.185. The number of aliphatic imine (C=N–C) groups is 1. The smallest absolute Gasteiger partial charge is 0.363 e. The Balaban J connectivity index is 1.60. The maximum absolute atomic E-state index is 12.5. The van der Waals surface area contributed by atoms with Crippen LogP contribution in [0.15, 0.2) is 81.9 Å². The molecule has 6 heteroatoms. The first-order valence-electron chi connectivity index (χ1n) is 10.7. The van der Waals surface area contributed by atoms with Crippen LogP contribution >= 0.6 is 15.9 Å². The predicted octanol–water partition coefficient (Wildman–Crippen LogP) is 6.65. The zero-order valence-corrected chi connectivity index (χ0v) is 20.3. The summed E-state index contributed by atoms with van der Waals surface area (Å²) in [6.07, 6.45) is 2.59. The Morgan fingerprint density at radius 1 is 1.03 bits per heavy atom. The number of hydrogen-bond donors (Lipinski definition) is 0. The molecule has 1 aliphatic rings. The van der Waals surface area contributed by atoms with Gasteiger partial charge >= 0.3 is 5.97 Å². The van der Waals surface area contributed by atoms with Gasteiger partial charge < -0.3 is 14.2 Å². The molecule has 1 heterocycles. The normalized spacial score (nSPS) is 15.2. The van der Waals surface area contributed by atoms with Gasteiger partial charge in [0.2, 0.25) is 5.90 Å². The third kappa shape index (κ3) is 5.17. The van der Waals surface area contributed by atoms with Gasteiger partial charge in [0.25, 0.3) is 0 Å². The van der Waals surface area contributed by atoms with Gasteiger partial charge in [0.05, 0.1) is 17.7 Å². The van der Waals surface area contributed by atoms with E-state index in [2.05, 4.69) is 40.0 Å². The van der Waals surface area contributed by atoms with Gasteiger partial charge in [0.15, 0.2) is 17.2 Å². The van der Waals surface area contributed by atoms with Crippen LogP contribution in [0.25, 0.3) is 17.2 Å². The van der Waals surface area contributed by atoms with Crippen molar-refractivity contribution in [3.63, 3.8) is 0 Å². The second-order valence-electron chi connectivity index (χ2n) is 7.65. The fourth-order valence-electron chi connectivity index (χ4n) is 3.35. The number of cyclic esters (lactones) is 1. The van der Waals surface area contributed by atoms with E-state index >= 15 is 0 Å². The van der Waals surface area contributed by atoms with Crippen LogP contribution < -0.4 is 9.47 Å². The van der Waals surface area contributed by atoms with Crippen molar-refractivity contribution in [1.82, 2.24) is 0 Å². The van der Waals surface area contributed by atoms with Crippen LogP contribution in [0.3, 0.4) is 0 Å². The lowest BCUT2D eigenvalue weighted by molar-refractivity contribution is -0.129. The van der Waals surface area contributed by atoms with Gasteiger partial charge in [-0.15, -0.1) is 0 Å². The molecule has 5 nitrogen and oxygen atoms in total. The Labute approximate surface area is 201 Å². The lowest BCUT2D eigenvalue weighted by atomic mass is 10.0. The maximum Gasteiger partial charge on any atom is 0.363 e. The minimum atomic E-state index is -0.493. The molecule has 3 aromatic rings. The van der Waals surface area contributed by atoms with E-state index in [1.807, 2.05) is 61.5 Å². The number of esters is 1. The molecule has 1 unspecified atom stereocenters. The van der Waals surface area contributed by atoms with E-state index in [4.69, 9.17) is 14.2 Å². The molecule has 1 atom stereocenters. The van der Waals surface area contributed by atoms with Crippen molar-refractivity contribution in [2.24, 2.45) is 4.99 Å². The zero-order valence-electron chi connectivity index (χ0n) is 18.7. The molecule has 0 aromatic heterocycles. The van der Waals surface area contributed by atoms with Crippen LogP contribution in [-0.2, 0) is 9.53 Å². The predicted molar refractivity (Wildman–Crippen MR) is 134 cm³/mol. The molecule has 3 aromatic carbocycles. The van der Waals surface area contributed by atoms with E-state index in [1.54, 1.807) is 13.2 Å². The molecular weight excluding hydrogens is 482 g/mol. The third-order valence-electron chi connectivity index (χ3n) is 5.31. The Hall–Kier alpha value is -3.38. The van der Waals surface area contributed by atoms with Crippen molar-refractivity contribution in [2.75, 3.05) is 7.11 Å². The molecule has 0 saturated heterocycles. The molecule has 0 aliphatic carbocycles. The topological polar surface area (TPSA) is 57.1 Å². The van der Waals surface area contributed by atoms with Crippen LogP contribution in [0.4, 0.5) is 0 Å². The van der Waals surface area contributed by atoms with Crippen molar-refractivity contribution in [3.05, 3.63) is 88.0 Å². The summed E-state index contributed by atoms with van der Waals surface area (Å²) in [7, 11) is 1.58. The van der Waals surface area contributed by atoms with Crippen molar-refractivity contribution in [3.8, 4) is 22.6 Å². The number of benzene rings is 3. The van der Waals surface area contributed by atoms with Crippen molar-refractivity contribution < 1.29 is 19.0 Å². The Bertz CT molecular complexity index is 1220. The number of carbonyl (C=O) groups excluding carboxylic acids is 1. The molecule has 168 valence electrons. The highest BCUT2D eigenvalue weighted by Gasteiger charge is 2.24. The summed E-state index contributed by atoms with van der Waals surface area (Å²) in [5.41, 5.74) is 3.91. The number of hydrogen-bond acceptors (Lipinski definition) is 5. The summed E-state index contributed by atoms with van der Waals surface area (Å²) in [5, 5.41) is 0. The lowest BCUT2D eigenvalue weighted by Crippen LogP contribution is -2.11. The van der Waals surface area contributed by atoms with E-state index in [0.29, 0.717) is 11.5 Å². The van der Waals surface area contributed by atoms with Gasteiger partial charge in [-0.25, -0.2) is 9.79 Å². The first-order valence-corrected chi connectivity index (χ1v) is 11.5. The number of rotatable bonds is 7. The van der Waals surface area contributed by atoms with Crippen LogP contribution in [0.2, 0.25) is 0 Å². The molecule has 33 heavy (non-hydrogen) atoms. The third-order valence-corrected chi connectivity index (χ3v) is 5.90. The number of ether oxygens (including phenoxy) is 3. The second-order valence-corrected chi connectivity index (χ2v) is 8.50. The van der Waals surface area contributed by atoms with Gasteiger partial charge in [-0.05, 0) is 76.3 Å². The molecule has 4 rings (SSSR count). The average molecular weight is 506 g/mol. The van der Waals surface area contributed by atoms with Crippen LogP contribution in [-0.4, -0.2) is 25.1 Å². The highest BCUT2D eigenvalue weighted by Crippen LogP contribution is 2.38. The summed E-state index contributed by atoms with van der Waals surface area (Å²) in [5.74, 6) is 0.995. The van der Waals surface area contributed by atoms with E-state index in [9.17, 15) is 4.79 Å². The largest absolute Gasteiger partial charge is 0.493 e.